The topological polar surface area (TPSA) is 81.8 Å². The second-order valence-electron chi connectivity index (χ2n) is 6.26. The molecule has 0 aromatic carbocycles. The molecule has 4 amide bonds. The number of carbonyl (C=O) groups is 3. The van der Waals surface area contributed by atoms with E-state index in [0.29, 0.717) is 19.4 Å². The van der Waals surface area contributed by atoms with Crippen molar-refractivity contribution in [3.8, 4) is 0 Å². The van der Waals surface area contributed by atoms with Crippen LogP contribution in [0.15, 0.2) is 0 Å². The number of hydrogen-bond donors (Lipinski definition) is 2. The van der Waals surface area contributed by atoms with Crippen LogP contribution in [0.4, 0.5) is 4.79 Å². The molecule has 1 unspecified atom stereocenters. The Labute approximate surface area is 125 Å². The molecule has 2 N–H and O–H groups in total. The number of amides is 4. The van der Waals surface area contributed by atoms with E-state index in [4.69, 9.17) is 0 Å². The SMILES string of the molecule is CC1CNCCN1C(=O)CCCN1C(=O)NC(C)(C)C1=O. The van der Waals surface area contributed by atoms with E-state index in [1.54, 1.807) is 13.8 Å². The van der Waals surface area contributed by atoms with Crippen LogP contribution in [0.2, 0.25) is 0 Å². The van der Waals surface area contributed by atoms with Crippen molar-refractivity contribution >= 4 is 17.8 Å². The lowest BCUT2D eigenvalue weighted by molar-refractivity contribution is -0.135. The van der Waals surface area contributed by atoms with E-state index < -0.39 is 5.54 Å². The number of nitrogens with one attached hydrogen (secondary N) is 2. The smallest absolute Gasteiger partial charge is 0.325 e. The molecule has 0 aromatic heterocycles. The molecule has 1 atom stereocenters. The Morgan fingerprint density at radius 2 is 2.10 bits per heavy atom. The van der Waals surface area contributed by atoms with Crippen molar-refractivity contribution in [2.75, 3.05) is 26.2 Å². The quantitative estimate of drug-likeness (QED) is 0.711. The van der Waals surface area contributed by atoms with Crippen LogP contribution in [-0.4, -0.2) is 65.4 Å². The van der Waals surface area contributed by atoms with E-state index in [1.807, 2.05) is 11.8 Å². The van der Waals surface area contributed by atoms with Gasteiger partial charge < -0.3 is 15.5 Å². The fourth-order valence-corrected chi connectivity index (χ4v) is 2.76. The highest BCUT2D eigenvalue weighted by Gasteiger charge is 2.43. The molecular formula is C14H24N4O3. The summed E-state index contributed by atoms with van der Waals surface area (Å²) in [5, 5.41) is 5.88. The maximum atomic E-state index is 12.2. The average molecular weight is 296 g/mol. The molecule has 21 heavy (non-hydrogen) atoms. The number of hydrogen-bond acceptors (Lipinski definition) is 4. The first-order chi connectivity index (χ1) is 9.83. The van der Waals surface area contributed by atoms with Crippen molar-refractivity contribution in [2.24, 2.45) is 0 Å². The van der Waals surface area contributed by atoms with E-state index in [0.717, 1.165) is 19.6 Å². The Bertz CT molecular complexity index is 450. The Kier molecular flexibility index (Phi) is 4.51. The number of urea groups is 1. The molecule has 2 heterocycles. The lowest BCUT2D eigenvalue weighted by Crippen LogP contribution is -2.52. The number of carbonyl (C=O) groups excluding carboxylic acids is 3. The first-order valence-electron chi connectivity index (χ1n) is 7.47. The maximum Gasteiger partial charge on any atom is 0.325 e. The third-order valence-electron chi connectivity index (χ3n) is 4.04. The van der Waals surface area contributed by atoms with Crippen molar-refractivity contribution in [2.45, 2.75) is 45.2 Å². The Hall–Kier alpha value is -1.63. The molecule has 2 aliphatic heterocycles. The zero-order chi connectivity index (χ0) is 15.6. The van der Waals surface area contributed by atoms with Gasteiger partial charge in [0.15, 0.2) is 0 Å². The van der Waals surface area contributed by atoms with Crippen molar-refractivity contribution in [1.82, 2.24) is 20.4 Å². The molecule has 7 heteroatoms. The summed E-state index contributed by atoms with van der Waals surface area (Å²) in [6, 6.07) is -0.171. The normalized spacial score (nSPS) is 25.2. The molecule has 0 bridgehead atoms. The van der Waals surface area contributed by atoms with Gasteiger partial charge in [-0.05, 0) is 27.2 Å². The van der Waals surface area contributed by atoms with E-state index in [-0.39, 0.29) is 23.9 Å². The molecule has 0 aliphatic carbocycles. The Morgan fingerprint density at radius 3 is 2.67 bits per heavy atom. The van der Waals surface area contributed by atoms with Crippen LogP contribution < -0.4 is 10.6 Å². The molecule has 118 valence electrons. The van der Waals surface area contributed by atoms with Gasteiger partial charge in [-0.2, -0.15) is 0 Å². The molecule has 0 radical (unpaired) electrons. The molecule has 7 nitrogen and oxygen atoms in total. The van der Waals surface area contributed by atoms with Crippen LogP contribution >= 0.6 is 0 Å². The van der Waals surface area contributed by atoms with Crippen LogP contribution in [0.5, 0.6) is 0 Å². The summed E-state index contributed by atoms with van der Waals surface area (Å²) < 4.78 is 0. The highest BCUT2D eigenvalue weighted by Crippen LogP contribution is 2.17. The van der Waals surface area contributed by atoms with Gasteiger partial charge in [0, 0.05) is 38.6 Å². The molecule has 0 spiro atoms. The van der Waals surface area contributed by atoms with Gasteiger partial charge >= 0.3 is 6.03 Å². The minimum absolute atomic E-state index is 0.0929. The standard InChI is InChI=1S/C14H24N4O3/c1-10-9-15-6-8-17(10)11(19)5-4-7-18-12(20)14(2,3)16-13(18)21/h10,15H,4-9H2,1-3H3,(H,16,21). The number of rotatable bonds is 4. The van der Waals surface area contributed by atoms with Crippen LogP contribution in [0, 0.1) is 0 Å². The fourth-order valence-electron chi connectivity index (χ4n) is 2.76. The third kappa shape index (κ3) is 3.34. The summed E-state index contributed by atoms with van der Waals surface area (Å²) in [6.07, 6.45) is 0.868. The second kappa shape index (κ2) is 6.01. The second-order valence-corrected chi connectivity index (χ2v) is 6.26. The largest absolute Gasteiger partial charge is 0.337 e. The van der Waals surface area contributed by atoms with Gasteiger partial charge in [-0.1, -0.05) is 0 Å². The predicted molar refractivity (Wildman–Crippen MR) is 77.6 cm³/mol. The van der Waals surface area contributed by atoms with E-state index in [1.165, 1.54) is 4.90 Å². The average Bonchev–Trinajstić information content (AvgIpc) is 2.60. The van der Waals surface area contributed by atoms with Crippen LogP contribution in [0.25, 0.3) is 0 Å². The van der Waals surface area contributed by atoms with E-state index in [9.17, 15) is 14.4 Å². The van der Waals surface area contributed by atoms with E-state index in [2.05, 4.69) is 10.6 Å². The Morgan fingerprint density at radius 1 is 1.38 bits per heavy atom. The van der Waals surface area contributed by atoms with Gasteiger partial charge in [0.25, 0.3) is 5.91 Å². The minimum Gasteiger partial charge on any atom is -0.337 e. The first kappa shape index (κ1) is 15.8. The maximum absolute atomic E-state index is 12.2. The zero-order valence-electron chi connectivity index (χ0n) is 12.9. The minimum atomic E-state index is -0.839. The molecule has 2 saturated heterocycles. The van der Waals surface area contributed by atoms with Gasteiger partial charge in [-0.25, -0.2) is 4.79 Å². The van der Waals surface area contributed by atoms with Crippen LogP contribution in [0.3, 0.4) is 0 Å². The molecule has 0 saturated carbocycles. The van der Waals surface area contributed by atoms with Gasteiger partial charge in [-0.15, -0.1) is 0 Å². The summed E-state index contributed by atoms with van der Waals surface area (Å²) in [5.41, 5.74) is -0.839. The van der Waals surface area contributed by atoms with Gasteiger partial charge in [-0.3, -0.25) is 14.5 Å². The molecular weight excluding hydrogens is 272 g/mol. The van der Waals surface area contributed by atoms with Gasteiger partial charge in [0.1, 0.15) is 5.54 Å². The summed E-state index contributed by atoms with van der Waals surface area (Å²) in [6.45, 7) is 8.02. The van der Waals surface area contributed by atoms with Gasteiger partial charge in [0.2, 0.25) is 5.91 Å². The van der Waals surface area contributed by atoms with Crippen molar-refractivity contribution in [1.29, 1.82) is 0 Å². The van der Waals surface area contributed by atoms with Crippen molar-refractivity contribution in [3.63, 3.8) is 0 Å². The molecule has 2 aliphatic rings. The zero-order valence-corrected chi connectivity index (χ0v) is 12.9. The summed E-state index contributed by atoms with van der Waals surface area (Å²) >= 11 is 0. The highest BCUT2D eigenvalue weighted by molar-refractivity contribution is 6.06. The summed E-state index contributed by atoms with van der Waals surface area (Å²) in [5.74, 6) is -0.134. The fraction of sp³-hybridized carbons (Fsp3) is 0.786. The number of imide groups is 1. The van der Waals surface area contributed by atoms with Crippen molar-refractivity contribution < 1.29 is 14.4 Å². The van der Waals surface area contributed by atoms with Crippen LogP contribution in [-0.2, 0) is 9.59 Å². The van der Waals surface area contributed by atoms with E-state index >= 15 is 0 Å². The first-order valence-corrected chi connectivity index (χ1v) is 7.47. The molecule has 0 aromatic rings. The summed E-state index contributed by atoms with van der Waals surface area (Å²) in [7, 11) is 0. The highest BCUT2D eigenvalue weighted by atomic mass is 16.2. The monoisotopic (exact) mass is 296 g/mol. The van der Waals surface area contributed by atoms with Gasteiger partial charge in [0.05, 0.1) is 0 Å². The Balaban J connectivity index is 1.80. The number of piperazine rings is 1. The third-order valence-corrected chi connectivity index (χ3v) is 4.04. The lowest BCUT2D eigenvalue weighted by atomic mass is 10.1. The lowest BCUT2D eigenvalue weighted by Gasteiger charge is -2.34. The molecule has 2 rings (SSSR count). The number of nitrogens with zero attached hydrogens (tertiary/aromatic N) is 2. The van der Waals surface area contributed by atoms with Crippen molar-refractivity contribution in [3.05, 3.63) is 0 Å². The molecule has 2 fully saturated rings. The summed E-state index contributed by atoms with van der Waals surface area (Å²) in [4.78, 5) is 39.0. The van der Waals surface area contributed by atoms with Crippen LogP contribution in [0.1, 0.15) is 33.6 Å². The predicted octanol–water partition coefficient (Wildman–Crippen LogP) is -0.0827.